The first kappa shape index (κ1) is 24.9. The van der Waals surface area contributed by atoms with E-state index in [4.69, 9.17) is 5.73 Å². The van der Waals surface area contributed by atoms with Gasteiger partial charge < -0.3 is 31.5 Å². The lowest BCUT2D eigenvalue weighted by Gasteiger charge is -2.50. The number of phenols is 1. The largest absolute Gasteiger partial charge is 0.510 e. The fourth-order valence-electron chi connectivity index (χ4n) is 6.00. The Hall–Kier alpha value is -3.21. The van der Waals surface area contributed by atoms with Crippen LogP contribution in [0.5, 0.6) is 5.75 Å². The third kappa shape index (κ3) is 3.55. The summed E-state index contributed by atoms with van der Waals surface area (Å²) in [5, 5.41) is 47.3. The summed E-state index contributed by atoms with van der Waals surface area (Å²) >= 11 is 0. The number of nitrogens with two attached hydrogens (primary N) is 1. The van der Waals surface area contributed by atoms with Gasteiger partial charge in [-0.15, -0.1) is 0 Å². The average Bonchev–Trinajstić information content (AvgIpc) is 2.77. The van der Waals surface area contributed by atoms with Crippen molar-refractivity contribution in [2.45, 2.75) is 37.3 Å². The van der Waals surface area contributed by atoms with Crippen LogP contribution in [-0.4, -0.2) is 82.1 Å². The van der Waals surface area contributed by atoms with Crippen molar-refractivity contribution in [2.24, 2.45) is 17.6 Å². The fourth-order valence-corrected chi connectivity index (χ4v) is 6.00. The number of rotatable bonds is 6. The molecule has 10 nitrogen and oxygen atoms in total. The molecule has 1 aromatic rings. The quantitative estimate of drug-likeness (QED) is 0.244. The summed E-state index contributed by atoms with van der Waals surface area (Å²) < 4.78 is 0. The number of Topliss-reactive ketones (excluding diaryl/α,β-unsaturated/α-hetero) is 2. The highest BCUT2D eigenvalue weighted by Crippen LogP contribution is 2.52. The lowest BCUT2D eigenvalue weighted by molar-refractivity contribution is -0.148. The predicted octanol–water partition coefficient (Wildman–Crippen LogP) is 0.273. The molecule has 4 atom stereocenters. The number of carbonyl (C=O) groups is 3. The molecule has 10 heteroatoms. The number of aliphatic hydroxyl groups is 3. The number of aryl methyl sites for hydroxylation is 1. The predicted molar refractivity (Wildman–Crippen MR) is 126 cm³/mol. The van der Waals surface area contributed by atoms with E-state index in [1.54, 1.807) is 20.2 Å². The zero-order valence-corrected chi connectivity index (χ0v) is 20.0. The summed E-state index contributed by atoms with van der Waals surface area (Å²) in [4.78, 5) is 40.4. The molecule has 35 heavy (non-hydrogen) atoms. The number of carbonyl (C=O) groups excluding carboxylic acids is 3. The number of nitrogens with one attached hydrogen (secondary N) is 1. The van der Waals surface area contributed by atoms with E-state index in [1.165, 1.54) is 11.0 Å². The van der Waals surface area contributed by atoms with Crippen LogP contribution in [0.3, 0.4) is 0 Å². The Bertz CT molecular complexity index is 1190. The van der Waals surface area contributed by atoms with Crippen LogP contribution in [0.25, 0.3) is 0 Å². The van der Waals surface area contributed by atoms with E-state index in [2.05, 4.69) is 5.32 Å². The van der Waals surface area contributed by atoms with Crippen LogP contribution in [0.1, 0.15) is 34.3 Å². The van der Waals surface area contributed by atoms with Gasteiger partial charge in [0.25, 0.3) is 5.91 Å². The number of allylic oxidation sites excluding steroid dienone is 1. The van der Waals surface area contributed by atoms with Gasteiger partial charge in [0.15, 0.2) is 11.4 Å². The molecule has 0 radical (unpaired) electrons. The highest BCUT2D eigenvalue weighted by molar-refractivity contribution is 6.24. The summed E-state index contributed by atoms with van der Waals surface area (Å²) in [5.41, 5.74) is 3.39. The van der Waals surface area contributed by atoms with Crippen LogP contribution < -0.4 is 11.1 Å². The first-order chi connectivity index (χ1) is 16.5. The number of hydrogen-bond acceptors (Lipinski definition) is 9. The maximum Gasteiger partial charge on any atom is 0.255 e. The number of likely N-dealkylation sites (N-methyl/N-ethyl adjacent to an activating group) is 1. The molecule has 0 aliphatic heterocycles. The Morgan fingerprint density at radius 1 is 1.23 bits per heavy atom. The van der Waals surface area contributed by atoms with Gasteiger partial charge in [0.1, 0.15) is 22.8 Å². The van der Waals surface area contributed by atoms with Crippen molar-refractivity contribution in [1.29, 1.82) is 0 Å². The zero-order valence-electron chi connectivity index (χ0n) is 20.0. The molecule has 0 saturated carbocycles. The van der Waals surface area contributed by atoms with Crippen molar-refractivity contribution < 1.29 is 34.8 Å². The minimum Gasteiger partial charge on any atom is -0.510 e. The molecule has 0 aromatic heterocycles. The molecule has 0 saturated heterocycles. The highest BCUT2D eigenvalue weighted by Gasteiger charge is 2.63. The number of nitrogens with zero attached hydrogens (tertiary/aromatic N) is 1. The minimum absolute atomic E-state index is 0.0488. The van der Waals surface area contributed by atoms with Crippen molar-refractivity contribution in [3.05, 3.63) is 51.5 Å². The minimum atomic E-state index is -2.62. The maximum atomic E-state index is 13.6. The third-order valence-corrected chi connectivity index (χ3v) is 7.58. The Balaban J connectivity index is 1.89. The van der Waals surface area contributed by atoms with E-state index >= 15 is 0 Å². The second-order valence-electron chi connectivity index (χ2n) is 9.77. The second-order valence-corrected chi connectivity index (χ2v) is 9.77. The molecule has 0 unspecified atom stereocenters. The molecule has 3 aliphatic rings. The summed E-state index contributed by atoms with van der Waals surface area (Å²) in [6, 6.07) is 2.22. The summed E-state index contributed by atoms with van der Waals surface area (Å²) in [7, 11) is 5.05. The molecule has 7 N–H and O–H groups in total. The molecule has 0 fully saturated rings. The van der Waals surface area contributed by atoms with Gasteiger partial charge in [-0.05, 0) is 76.5 Å². The molecule has 0 heterocycles. The number of aromatic hydroxyl groups is 1. The fraction of sp³-hybridized carbons (Fsp3) is 0.480. The van der Waals surface area contributed by atoms with Gasteiger partial charge in [-0.1, -0.05) is 6.07 Å². The Morgan fingerprint density at radius 3 is 2.51 bits per heavy atom. The summed E-state index contributed by atoms with van der Waals surface area (Å²) in [5.74, 6) is -6.41. The number of benzene rings is 1. The van der Waals surface area contributed by atoms with Crippen molar-refractivity contribution >= 4 is 17.5 Å². The van der Waals surface area contributed by atoms with Gasteiger partial charge in [-0.3, -0.25) is 19.3 Å². The molecule has 4 rings (SSSR count). The van der Waals surface area contributed by atoms with Crippen molar-refractivity contribution in [1.82, 2.24) is 10.2 Å². The number of aliphatic hydroxyl groups excluding tert-OH is 2. The Morgan fingerprint density at radius 2 is 1.91 bits per heavy atom. The van der Waals surface area contributed by atoms with Crippen LogP contribution >= 0.6 is 0 Å². The number of primary amides is 1. The lowest BCUT2D eigenvalue weighted by atomic mass is 9.58. The molecule has 0 spiro atoms. The van der Waals surface area contributed by atoms with Crippen LogP contribution in [0.4, 0.5) is 0 Å². The standard InChI is InChI=1S/C25H31N3O7/c1-27-8-4-5-11-6-7-15(29)17-13(11)9-12-10-14-19(28(2)3)21(31)18(24(26)34)23(33)25(14,35)22(32)16(12)20(17)30/h6-7,12,14,19,27,29,31-32,35H,4-5,8-10H2,1-3H3,(H2,26,34)/t12-,14-,19-,25-/m0/s1. The monoisotopic (exact) mass is 485 g/mol. The van der Waals surface area contributed by atoms with Crippen molar-refractivity contribution in [3.63, 3.8) is 0 Å². The van der Waals surface area contributed by atoms with E-state index in [1.807, 2.05) is 7.05 Å². The third-order valence-electron chi connectivity index (χ3n) is 7.58. The summed E-state index contributed by atoms with van der Waals surface area (Å²) in [6.07, 6.45) is 1.87. The van der Waals surface area contributed by atoms with Crippen molar-refractivity contribution in [3.8, 4) is 5.75 Å². The van der Waals surface area contributed by atoms with Gasteiger partial charge in [-0.25, -0.2) is 0 Å². The molecule has 3 aliphatic carbocycles. The lowest BCUT2D eigenvalue weighted by Crippen LogP contribution is -2.63. The number of fused-ring (bicyclic) bond motifs is 3. The van der Waals surface area contributed by atoms with Gasteiger partial charge >= 0.3 is 0 Å². The first-order valence-corrected chi connectivity index (χ1v) is 11.6. The molecule has 188 valence electrons. The first-order valence-electron chi connectivity index (χ1n) is 11.6. The average molecular weight is 486 g/mol. The number of hydrogen-bond donors (Lipinski definition) is 6. The Kier molecular flexibility index (Phi) is 6.25. The molecule has 0 bridgehead atoms. The second kappa shape index (κ2) is 8.78. The van der Waals surface area contributed by atoms with Crippen LogP contribution in [0, 0.1) is 11.8 Å². The van der Waals surface area contributed by atoms with E-state index in [0.29, 0.717) is 18.4 Å². The topological polar surface area (TPSA) is 173 Å². The zero-order chi connectivity index (χ0) is 25.8. The smallest absolute Gasteiger partial charge is 0.255 e. The molecular formula is C25H31N3O7. The SMILES string of the molecule is CNCCCc1ccc(O)c2c1C[C@H]1C[C@H]3[C@H](N(C)C)C(O)=C(C(N)=O)C(=O)[C@@]3(O)C(O)=C1C2=O. The number of amides is 1. The van der Waals surface area contributed by atoms with E-state index in [9.17, 15) is 34.8 Å². The summed E-state index contributed by atoms with van der Waals surface area (Å²) in [6.45, 7) is 0.772. The molecular weight excluding hydrogens is 454 g/mol. The van der Waals surface area contributed by atoms with Gasteiger partial charge in [0.05, 0.1) is 11.6 Å². The van der Waals surface area contributed by atoms with E-state index in [0.717, 1.165) is 18.5 Å². The van der Waals surface area contributed by atoms with Crippen LogP contribution in [0.2, 0.25) is 0 Å². The molecule has 1 aromatic carbocycles. The van der Waals surface area contributed by atoms with Crippen LogP contribution in [0.15, 0.2) is 34.8 Å². The Labute approximate surface area is 202 Å². The highest BCUT2D eigenvalue weighted by atomic mass is 16.3. The number of phenolic OH excluding ortho intramolecular Hbond substituents is 1. The van der Waals surface area contributed by atoms with E-state index < -0.39 is 58.0 Å². The van der Waals surface area contributed by atoms with E-state index in [-0.39, 0.29) is 23.3 Å². The van der Waals surface area contributed by atoms with Gasteiger partial charge in [0, 0.05) is 11.5 Å². The van der Waals surface area contributed by atoms with Crippen LogP contribution in [-0.2, 0) is 22.4 Å². The van der Waals surface area contributed by atoms with Gasteiger partial charge in [0.2, 0.25) is 5.78 Å². The maximum absolute atomic E-state index is 13.6. The number of ketones is 2. The molecule has 1 amide bonds. The van der Waals surface area contributed by atoms with Crippen molar-refractivity contribution in [2.75, 3.05) is 27.7 Å². The van der Waals surface area contributed by atoms with Gasteiger partial charge in [-0.2, -0.15) is 0 Å². The normalized spacial score (nSPS) is 28.2.